The van der Waals surface area contributed by atoms with E-state index in [4.69, 9.17) is 0 Å². The standard InChI is InChI=1S/C15H25O2P/c1-2-3-4-5-6-7-11-14-18(16,17)15-12-9-8-10-13-15/h8-10,12-13H,2-7,11,14H2,1H3,(H,16,17)/p-1. The molecule has 102 valence electrons. The molecule has 0 spiro atoms. The fraction of sp³-hybridized carbons (Fsp3) is 0.600. The highest BCUT2D eigenvalue weighted by atomic mass is 31.2. The molecule has 0 aromatic heterocycles. The summed E-state index contributed by atoms with van der Waals surface area (Å²) in [6.45, 7) is 2.20. The summed E-state index contributed by atoms with van der Waals surface area (Å²) in [5, 5.41) is 0.482. The van der Waals surface area contributed by atoms with Gasteiger partial charge in [0.15, 0.2) is 0 Å². The molecule has 0 N–H and O–H groups in total. The predicted octanol–water partition coefficient (Wildman–Crippen LogP) is 3.70. The molecule has 0 amide bonds. The molecule has 0 radical (unpaired) electrons. The average molecular weight is 267 g/mol. The van der Waals surface area contributed by atoms with Gasteiger partial charge in [0.2, 0.25) is 0 Å². The van der Waals surface area contributed by atoms with Gasteiger partial charge >= 0.3 is 0 Å². The number of hydrogen-bond acceptors (Lipinski definition) is 2. The maximum atomic E-state index is 12.0. The minimum absolute atomic E-state index is 0.310. The Morgan fingerprint density at radius 1 is 0.944 bits per heavy atom. The summed E-state index contributed by atoms with van der Waals surface area (Å²) in [7, 11) is -3.36. The Kier molecular flexibility index (Phi) is 7.31. The lowest BCUT2D eigenvalue weighted by molar-refractivity contribution is -0.171. The van der Waals surface area contributed by atoms with Crippen LogP contribution in [0.5, 0.6) is 0 Å². The Hall–Kier alpha value is -0.590. The van der Waals surface area contributed by atoms with Gasteiger partial charge in [0.1, 0.15) is 0 Å². The zero-order valence-electron chi connectivity index (χ0n) is 11.3. The summed E-state index contributed by atoms with van der Waals surface area (Å²) in [4.78, 5) is 12.0. The second-order valence-electron chi connectivity index (χ2n) is 4.85. The van der Waals surface area contributed by atoms with Gasteiger partial charge in [0.25, 0.3) is 0 Å². The van der Waals surface area contributed by atoms with Gasteiger partial charge in [-0.25, -0.2) is 0 Å². The summed E-state index contributed by atoms with van der Waals surface area (Å²) >= 11 is 0. The number of unbranched alkanes of at least 4 members (excludes halogenated alkanes) is 6. The monoisotopic (exact) mass is 267 g/mol. The first-order chi connectivity index (χ1) is 8.67. The second kappa shape index (κ2) is 8.50. The minimum atomic E-state index is -3.36. The van der Waals surface area contributed by atoms with Gasteiger partial charge < -0.3 is 9.46 Å². The predicted molar refractivity (Wildman–Crippen MR) is 76.5 cm³/mol. The minimum Gasteiger partial charge on any atom is -0.796 e. The molecule has 3 heteroatoms. The van der Waals surface area contributed by atoms with E-state index in [0.717, 1.165) is 19.3 Å². The quantitative estimate of drug-likeness (QED) is 0.505. The lowest BCUT2D eigenvalue weighted by Gasteiger charge is -2.23. The van der Waals surface area contributed by atoms with Gasteiger partial charge in [0.05, 0.1) is 0 Å². The van der Waals surface area contributed by atoms with Crippen LogP contribution < -0.4 is 10.2 Å². The largest absolute Gasteiger partial charge is 0.796 e. The van der Waals surface area contributed by atoms with Crippen molar-refractivity contribution in [2.24, 2.45) is 0 Å². The fourth-order valence-electron chi connectivity index (χ4n) is 2.06. The molecular weight excluding hydrogens is 243 g/mol. The third kappa shape index (κ3) is 5.84. The van der Waals surface area contributed by atoms with Crippen molar-refractivity contribution in [2.75, 3.05) is 6.16 Å². The molecule has 0 aliphatic rings. The van der Waals surface area contributed by atoms with Crippen LogP contribution in [0.15, 0.2) is 30.3 Å². The van der Waals surface area contributed by atoms with E-state index in [1.807, 2.05) is 6.07 Å². The fourth-order valence-corrected chi connectivity index (χ4v) is 3.59. The van der Waals surface area contributed by atoms with Crippen LogP contribution in [0.4, 0.5) is 0 Å². The van der Waals surface area contributed by atoms with Crippen molar-refractivity contribution >= 4 is 12.7 Å². The molecule has 0 aliphatic heterocycles. The Balaban J connectivity index is 2.20. The first-order valence-corrected chi connectivity index (χ1v) is 8.83. The number of rotatable bonds is 9. The van der Waals surface area contributed by atoms with Crippen molar-refractivity contribution in [3.05, 3.63) is 30.3 Å². The maximum Gasteiger partial charge on any atom is 0.0433 e. The van der Waals surface area contributed by atoms with E-state index in [9.17, 15) is 9.46 Å². The van der Waals surface area contributed by atoms with Crippen LogP contribution >= 0.6 is 7.37 Å². The molecule has 1 aromatic carbocycles. The molecule has 0 saturated heterocycles. The van der Waals surface area contributed by atoms with Gasteiger partial charge in [-0.2, -0.15) is 0 Å². The Morgan fingerprint density at radius 2 is 1.50 bits per heavy atom. The van der Waals surface area contributed by atoms with Gasteiger partial charge in [-0.1, -0.05) is 75.8 Å². The van der Waals surface area contributed by atoms with Crippen molar-refractivity contribution < 1.29 is 9.46 Å². The van der Waals surface area contributed by atoms with E-state index in [1.54, 1.807) is 24.3 Å². The summed E-state index contributed by atoms with van der Waals surface area (Å²) in [6.07, 6.45) is 8.37. The average Bonchev–Trinajstić information content (AvgIpc) is 2.39. The van der Waals surface area contributed by atoms with Crippen molar-refractivity contribution in [2.45, 2.75) is 51.9 Å². The van der Waals surface area contributed by atoms with Crippen molar-refractivity contribution in [1.82, 2.24) is 0 Å². The zero-order chi connectivity index (χ0) is 13.3. The lowest BCUT2D eigenvalue weighted by atomic mass is 10.1. The summed E-state index contributed by atoms with van der Waals surface area (Å²) in [5.41, 5.74) is 0. The van der Waals surface area contributed by atoms with Crippen molar-refractivity contribution in [3.8, 4) is 0 Å². The van der Waals surface area contributed by atoms with Crippen molar-refractivity contribution in [3.63, 3.8) is 0 Å². The summed E-state index contributed by atoms with van der Waals surface area (Å²) in [5.74, 6) is 0. The third-order valence-electron chi connectivity index (χ3n) is 3.21. The first-order valence-electron chi connectivity index (χ1n) is 7.02. The van der Waals surface area contributed by atoms with Crippen LogP contribution in [0, 0.1) is 0 Å². The number of hydrogen-bond donors (Lipinski definition) is 0. The van der Waals surface area contributed by atoms with E-state index in [0.29, 0.717) is 11.5 Å². The summed E-state index contributed by atoms with van der Waals surface area (Å²) < 4.78 is 12.0. The zero-order valence-corrected chi connectivity index (χ0v) is 12.2. The van der Waals surface area contributed by atoms with E-state index >= 15 is 0 Å². The van der Waals surface area contributed by atoms with Gasteiger partial charge in [-0.3, -0.25) is 0 Å². The third-order valence-corrected chi connectivity index (χ3v) is 5.20. The lowest BCUT2D eigenvalue weighted by Crippen LogP contribution is -2.17. The SMILES string of the molecule is CCCCCCCCCP(=O)([O-])c1ccccc1. The Labute approximate surface area is 111 Å². The Morgan fingerprint density at radius 3 is 2.11 bits per heavy atom. The molecule has 18 heavy (non-hydrogen) atoms. The maximum absolute atomic E-state index is 12.0. The van der Waals surface area contributed by atoms with Crippen molar-refractivity contribution in [1.29, 1.82) is 0 Å². The Bertz CT molecular complexity index is 362. The topological polar surface area (TPSA) is 40.1 Å². The van der Waals surface area contributed by atoms with Crippen LogP contribution in [0.3, 0.4) is 0 Å². The molecule has 0 saturated carbocycles. The van der Waals surface area contributed by atoms with Gasteiger partial charge in [0, 0.05) is 7.37 Å². The highest BCUT2D eigenvalue weighted by Crippen LogP contribution is 2.35. The van der Waals surface area contributed by atoms with E-state index in [-0.39, 0.29) is 0 Å². The highest BCUT2D eigenvalue weighted by molar-refractivity contribution is 7.64. The molecule has 0 aliphatic carbocycles. The van der Waals surface area contributed by atoms with Crippen LogP contribution in [0.25, 0.3) is 0 Å². The molecule has 0 bridgehead atoms. The van der Waals surface area contributed by atoms with Gasteiger partial charge in [-0.05, 0) is 17.9 Å². The summed E-state index contributed by atoms with van der Waals surface area (Å²) in [6, 6.07) is 8.79. The van der Waals surface area contributed by atoms with Crippen LogP contribution in [0.2, 0.25) is 0 Å². The molecule has 0 fully saturated rings. The van der Waals surface area contributed by atoms with Crippen LogP contribution in [-0.2, 0) is 4.57 Å². The first kappa shape index (κ1) is 15.5. The second-order valence-corrected chi connectivity index (χ2v) is 7.16. The number of benzene rings is 1. The molecule has 1 rings (SSSR count). The van der Waals surface area contributed by atoms with Crippen LogP contribution in [0.1, 0.15) is 51.9 Å². The van der Waals surface area contributed by atoms with Gasteiger partial charge in [-0.15, -0.1) is 0 Å². The van der Waals surface area contributed by atoms with Crippen LogP contribution in [-0.4, -0.2) is 6.16 Å². The van der Waals surface area contributed by atoms with E-state index < -0.39 is 7.37 Å². The molecular formula is C15H24O2P-. The molecule has 2 nitrogen and oxygen atoms in total. The molecule has 1 unspecified atom stereocenters. The molecule has 1 aromatic rings. The molecule has 1 atom stereocenters. The van der Waals surface area contributed by atoms with E-state index in [2.05, 4.69) is 6.92 Å². The normalized spacial score (nSPS) is 14.3. The highest BCUT2D eigenvalue weighted by Gasteiger charge is 2.09. The smallest absolute Gasteiger partial charge is 0.0433 e. The molecule has 0 heterocycles. The van der Waals surface area contributed by atoms with E-state index in [1.165, 1.54) is 25.7 Å².